The molecule has 9 heteroatoms. The fraction of sp³-hybridized carbons (Fsp3) is 0.0833. The van der Waals surface area contributed by atoms with Gasteiger partial charge in [-0.2, -0.15) is 8.42 Å². The Balaban J connectivity index is 1.64. The average molecular weight is 528 g/mol. The van der Waals surface area contributed by atoms with E-state index in [1.165, 1.54) is 24.3 Å². The van der Waals surface area contributed by atoms with E-state index in [0.717, 1.165) is 4.47 Å². The third-order valence-electron chi connectivity index (χ3n) is 4.49. The summed E-state index contributed by atoms with van der Waals surface area (Å²) in [7, 11) is -4.03. The molecule has 168 valence electrons. The van der Waals surface area contributed by atoms with Crippen LogP contribution in [0, 0.1) is 0 Å². The molecule has 0 aromatic heterocycles. The minimum atomic E-state index is -4.03. The third-order valence-corrected chi connectivity index (χ3v) is 6.24. The van der Waals surface area contributed by atoms with Crippen LogP contribution < -0.4 is 8.92 Å². The van der Waals surface area contributed by atoms with Crippen LogP contribution in [0.15, 0.2) is 92.9 Å². The van der Waals surface area contributed by atoms with Gasteiger partial charge in [-0.15, -0.1) is 0 Å². The number of esters is 1. The van der Waals surface area contributed by atoms with Crippen molar-refractivity contribution in [2.75, 3.05) is 6.61 Å². The van der Waals surface area contributed by atoms with Crippen LogP contribution in [0.2, 0.25) is 0 Å². The maximum absolute atomic E-state index is 12.6. The third kappa shape index (κ3) is 5.32. The molecule has 0 fully saturated rings. The lowest BCUT2D eigenvalue weighted by molar-refractivity contribution is -0.129. The first-order chi connectivity index (χ1) is 15.9. The zero-order valence-electron chi connectivity index (χ0n) is 17.4. The first-order valence-electron chi connectivity index (χ1n) is 9.90. The second kappa shape index (κ2) is 9.60. The Morgan fingerprint density at radius 1 is 1.00 bits per heavy atom. The summed E-state index contributed by atoms with van der Waals surface area (Å²) in [6.07, 6.45) is 1.53. The molecule has 1 aliphatic heterocycles. The summed E-state index contributed by atoms with van der Waals surface area (Å²) in [5.41, 5.74) is 1.33. The first kappa shape index (κ1) is 22.8. The summed E-state index contributed by atoms with van der Waals surface area (Å²) >= 11 is 3.38. The number of cyclic esters (lactones) is 1. The Labute approximate surface area is 199 Å². The fourth-order valence-corrected chi connectivity index (χ4v) is 4.38. The van der Waals surface area contributed by atoms with Crippen molar-refractivity contribution in [3.63, 3.8) is 0 Å². The second-order valence-electron chi connectivity index (χ2n) is 6.84. The van der Waals surface area contributed by atoms with E-state index in [0.29, 0.717) is 11.1 Å². The van der Waals surface area contributed by atoms with Crippen molar-refractivity contribution in [1.29, 1.82) is 0 Å². The lowest BCUT2D eigenvalue weighted by Gasteiger charge is -2.12. The van der Waals surface area contributed by atoms with E-state index in [1.54, 1.807) is 49.4 Å². The molecule has 0 spiro atoms. The standard InChI is InChI=1S/C24H18BrNO6S/c1-2-30-22-14-16(11-12-21(22)32-33(28,29)19-9-4-3-5-10-19)13-20-24(27)31-23(26-20)17-7-6-8-18(25)15-17/h3-15H,2H2,1H3/b20-13-. The van der Waals surface area contributed by atoms with Gasteiger partial charge >= 0.3 is 16.1 Å². The molecule has 0 unspecified atom stereocenters. The molecule has 0 atom stereocenters. The Kier molecular flexibility index (Phi) is 6.62. The predicted octanol–water partition coefficient (Wildman–Crippen LogP) is 4.96. The van der Waals surface area contributed by atoms with Gasteiger partial charge in [-0.3, -0.25) is 0 Å². The lowest BCUT2D eigenvalue weighted by atomic mass is 10.1. The quantitative estimate of drug-likeness (QED) is 0.245. The van der Waals surface area contributed by atoms with Crippen molar-refractivity contribution >= 4 is 44.0 Å². The van der Waals surface area contributed by atoms with Crippen LogP contribution in [0.3, 0.4) is 0 Å². The Morgan fingerprint density at radius 3 is 2.52 bits per heavy atom. The van der Waals surface area contributed by atoms with Crippen LogP contribution in [0.25, 0.3) is 6.08 Å². The van der Waals surface area contributed by atoms with Gasteiger partial charge in [0.15, 0.2) is 17.2 Å². The number of ether oxygens (including phenoxy) is 2. The van der Waals surface area contributed by atoms with Crippen molar-refractivity contribution in [1.82, 2.24) is 0 Å². The molecule has 0 N–H and O–H groups in total. The highest BCUT2D eigenvalue weighted by molar-refractivity contribution is 9.10. The highest BCUT2D eigenvalue weighted by Crippen LogP contribution is 2.32. The number of halogens is 1. The normalized spacial score (nSPS) is 14.7. The molecule has 0 radical (unpaired) electrons. The SMILES string of the molecule is CCOc1cc(/C=C2\N=C(c3cccc(Br)c3)OC2=O)ccc1OS(=O)(=O)c1ccccc1. The molecule has 3 aromatic carbocycles. The van der Waals surface area contributed by atoms with Gasteiger partial charge in [-0.05, 0) is 61.0 Å². The number of aliphatic imine (C=N–C) groups is 1. The summed E-state index contributed by atoms with van der Waals surface area (Å²) in [6, 6.07) is 19.7. The molecule has 4 rings (SSSR count). The molecule has 33 heavy (non-hydrogen) atoms. The van der Waals surface area contributed by atoms with Gasteiger partial charge in [0.2, 0.25) is 5.90 Å². The molecule has 0 bridgehead atoms. The van der Waals surface area contributed by atoms with Crippen molar-refractivity contribution in [2.45, 2.75) is 11.8 Å². The van der Waals surface area contributed by atoms with Crippen molar-refractivity contribution in [3.05, 3.63) is 94.1 Å². The second-order valence-corrected chi connectivity index (χ2v) is 9.30. The van der Waals surface area contributed by atoms with Crippen LogP contribution in [0.5, 0.6) is 11.5 Å². The molecule has 3 aromatic rings. The fourth-order valence-electron chi connectivity index (χ4n) is 3.02. The zero-order valence-corrected chi connectivity index (χ0v) is 19.8. The van der Waals surface area contributed by atoms with Gasteiger partial charge in [0.1, 0.15) is 4.90 Å². The molecule has 0 amide bonds. The predicted molar refractivity (Wildman–Crippen MR) is 127 cm³/mol. The van der Waals surface area contributed by atoms with E-state index in [2.05, 4.69) is 20.9 Å². The van der Waals surface area contributed by atoms with Crippen LogP contribution in [-0.2, 0) is 19.6 Å². The van der Waals surface area contributed by atoms with Crippen molar-refractivity contribution in [3.8, 4) is 11.5 Å². The van der Waals surface area contributed by atoms with Crippen LogP contribution in [-0.4, -0.2) is 26.9 Å². The van der Waals surface area contributed by atoms with E-state index >= 15 is 0 Å². The molecule has 0 aliphatic carbocycles. The molecular weight excluding hydrogens is 510 g/mol. The van der Waals surface area contributed by atoms with E-state index in [1.807, 2.05) is 12.1 Å². The number of carbonyl (C=O) groups is 1. The van der Waals surface area contributed by atoms with Gasteiger partial charge in [-0.1, -0.05) is 46.3 Å². The topological polar surface area (TPSA) is 91.3 Å². The Hall–Kier alpha value is -3.43. The zero-order chi connectivity index (χ0) is 23.4. The number of rotatable bonds is 7. The minimum absolute atomic E-state index is 0.0294. The average Bonchev–Trinajstić information content (AvgIpc) is 3.16. The van der Waals surface area contributed by atoms with Crippen LogP contribution >= 0.6 is 15.9 Å². The summed E-state index contributed by atoms with van der Waals surface area (Å²) in [4.78, 5) is 16.6. The molecule has 0 saturated heterocycles. The molecule has 7 nitrogen and oxygen atoms in total. The van der Waals surface area contributed by atoms with E-state index in [4.69, 9.17) is 13.7 Å². The highest BCUT2D eigenvalue weighted by atomic mass is 79.9. The number of nitrogens with zero attached hydrogens (tertiary/aromatic N) is 1. The summed E-state index contributed by atoms with van der Waals surface area (Å²) < 4.78 is 42.2. The van der Waals surface area contributed by atoms with Gasteiger partial charge in [0.05, 0.1) is 6.61 Å². The maximum atomic E-state index is 12.6. The molecule has 0 saturated carbocycles. The number of hydrogen-bond donors (Lipinski definition) is 0. The van der Waals surface area contributed by atoms with Gasteiger partial charge < -0.3 is 13.7 Å². The smallest absolute Gasteiger partial charge is 0.363 e. The van der Waals surface area contributed by atoms with Gasteiger partial charge in [0.25, 0.3) is 0 Å². The van der Waals surface area contributed by atoms with Crippen molar-refractivity contribution < 1.29 is 26.9 Å². The van der Waals surface area contributed by atoms with Crippen LogP contribution in [0.4, 0.5) is 0 Å². The largest absolute Gasteiger partial charge is 0.490 e. The summed E-state index contributed by atoms with van der Waals surface area (Å²) in [6.45, 7) is 2.05. The molecular formula is C24H18BrNO6S. The Bertz CT molecular complexity index is 1370. The number of carbonyl (C=O) groups excluding carboxylic acids is 1. The van der Waals surface area contributed by atoms with E-state index in [9.17, 15) is 13.2 Å². The molecule has 1 heterocycles. The van der Waals surface area contributed by atoms with Crippen molar-refractivity contribution in [2.24, 2.45) is 4.99 Å². The molecule has 1 aliphatic rings. The minimum Gasteiger partial charge on any atom is -0.490 e. The van der Waals surface area contributed by atoms with E-state index in [-0.39, 0.29) is 34.6 Å². The van der Waals surface area contributed by atoms with Gasteiger partial charge in [0, 0.05) is 10.0 Å². The Morgan fingerprint density at radius 2 is 1.79 bits per heavy atom. The summed E-state index contributed by atoms with van der Waals surface area (Å²) in [5, 5.41) is 0. The van der Waals surface area contributed by atoms with Crippen LogP contribution in [0.1, 0.15) is 18.1 Å². The highest BCUT2D eigenvalue weighted by Gasteiger charge is 2.25. The number of benzene rings is 3. The monoisotopic (exact) mass is 527 g/mol. The first-order valence-corrected chi connectivity index (χ1v) is 12.1. The van der Waals surface area contributed by atoms with Gasteiger partial charge in [-0.25, -0.2) is 9.79 Å². The lowest BCUT2D eigenvalue weighted by Crippen LogP contribution is -2.10. The number of hydrogen-bond acceptors (Lipinski definition) is 7. The van der Waals surface area contributed by atoms with E-state index < -0.39 is 16.1 Å². The maximum Gasteiger partial charge on any atom is 0.363 e. The summed E-state index contributed by atoms with van der Waals surface area (Å²) in [5.74, 6) is -0.134.